The molecule has 6 heteroatoms. The number of hydrogen-bond acceptors (Lipinski definition) is 5. The number of aryl methyl sites for hydroxylation is 1. The standard InChI is InChI=1S/C20H23N5O/c1-12-2-3-15(22)10-17(12)18(23)8-14(11-21)13-6-7-24-19(9-13)20(26)25-16-4-5-16/h2-3,6-11,16H,4-5,21-23H2,1H3,(H,25,26)/b14-11+,18-8-. The number of nitrogens with two attached hydrogens (primary N) is 3. The molecule has 3 rings (SSSR count). The van der Waals surface area contributed by atoms with Gasteiger partial charge in [-0.1, -0.05) is 6.07 Å². The average Bonchev–Trinajstić information content (AvgIpc) is 3.45. The number of rotatable bonds is 5. The summed E-state index contributed by atoms with van der Waals surface area (Å²) in [5.74, 6) is -0.172. The van der Waals surface area contributed by atoms with Gasteiger partial charge in [-0.2, -0.15) is 0 Å². The van der Waals surface area contributed by atoms with Crippen LogP contribution in [0.4, 0.5) is 5.69 Å². The van der Waals surface area contributed by atoms with Gasteiger partial charge in [-0.25, -0.2) is 0 Å². The summed E-state index contributed by atoms with van der Waals surface area (Å²) in [6, 6.07) is 9.37. The fourth-order valence-corrected chi connectivity index (χ4v) is 2.64. The molecule has 0 bridgehead atoms. The van der Waals surface area contributed by atoms with E-state index in [-0.39, 0.29) is 11.9 Å². The molecule has 7 N–H and O–H groups in total. The number of nitrogen functional groups attached to an aromatic ring is 1. The highest BCUT2D eigenvalue weighted by Gasteiger charge is 2.24. The number of allylic oxidation sites excluding steroid dienone is 2. The highest BCUT2D eigenvalue weighted by Crippen LogP contribution is 2.23. The van der Waals surface area contributed by atoms with Crippen LogP contribution in [-0.4, -0.2) is 16.9 Å². The van der Waals surface area contributed by atoms with Gasteiger partial charge in [0.15, 0.2) is 0 Å². The Labute approximate surface area is 152 Å². The number of nitrogens with one attached hydrogen (secondary N) is 1. The van der Waals surface area contributed by atoms with Crippen LogP contribution >= 0.6 is 0 Å². The second kappa shape index (κ2) is 7.31. The molecule has 1 heterocycles. The minimum atomic E-state index is -0.172. The van der Waals surface area contributed by atoms with Crippen molar-refractivity contribution in [3.63, 3.8) is 0 Å². The van der Waals surface area contributed by atoms with Gasteiger partial charge in [0.1, 0.15) is 5.69 Å². The molecule has 0 atom stereocenters. The van der Waals surface area contributed by atoms with Crippen LogP contribution in [-0.2, 0) is 0 Å². The Bertz CT molecular complexity index is 897. The van der Waals surface area contributed by atoms with Gasteiger partial charge in [0.2, 0.25) is 0 Å². The highest BCUT2D eigenvalue weighted by molar-refractivity contribution is 5.94. The molecule has 0 radical (unpaired) electrons. The Morgan fingerprint density at radius 1 is 1.27 bits per heavy atom. The third-order valence-corrected chi connectivity index (χ3v) is 4.30. The van der Waals surface area contributed by atoms with Crippen molar-refractivity contribution in [2.45, 2.75) is 25.8 Å². The van der Waals surface area contributed by atoms with Gasteiger partial charge >= 0.3 is 0 Å². The number of carbonyl (C=O) groups is 1. The molecular weight excluding hydrogens is 326 g/mol. The number of nitrogens with zero attached hydrogens (tertiary/aromatic N) is 1. The second-order valence-electron chi connectivity index (χ2n) is 6.47. The molecular formula is C20H23N5O. The van der Waals surface area contributed by atoms with E-state index in [9.17, 15) is 4.79 Å². The molecule has 0 unspecified atom stereocenters. The van der Waals surface area contributed by atoms with Crippen LogP contribution in [0.25, 0.3) is 11.3 Å². The summed E-state index contributed by atoms with van der Waals surface area (Å²) >= 11 is 0. The molecule has 1 aliphatic rings. The summed E-state index contributed by atoms with van der Waals surface area (Å²) in [7, 11) is 0. The zero-order valence-electron chi connectivity index (χ0n) is 14.7. The first-order chi connectivity index (χ1) is 12.5. The van der Waals surface area contributed by atoms with Crippen LogP contribution in [0.5, 0.6) is 0 Å². The van der Waals surface area contributed by atoms with Crippen LogP contribution < -0.4 is 22.5 Å². The summed E-state index contributed by atoms with van der Waals surface area (Å²) in [6.45, 7) is 1.97. The predicted molar refractivity (Wildman–Crippen MR) is 105 cm³/mol. The normalized spacial score (nSPS) is 15.0. The third-order valence-electron chi connectivity index (χ3n) is 4.30. The van der Waals surface area contributed by atoms with Gasteiger partial charge in [0.25, 0.3) is 5.91 Å². The van der Waals surface area contributed by atoms with Crippen molar-refractivity contribution in [3.8, 4) is 0 Å². The first-order valence-corrected chi connectivity index (χ1v) is 8.51. The van der Waals surface area contributed by atoms with E-state index < -0.39 is 0 Å². The van der Waals surface area contributed by atoms with Gasteiger partial charge in [0, 0.05) is 35.4 Å². The van der Waals surface area contributed by atoms with Gasteiger partial charge in [-0.05, 0) is 66.8 Å². The summed E-state index contributed by atoms with van der Waals surface area (Å²) in [4.78, 5) is 16.4. The van der Waals surface area contributed by atoms with Crippen molar-refractivity contribution < 1.29 is 4.79 Å². The largest absolute Gasteiger partial charge is 0.404 e. The maximum absolute atomic E-state index is 12.2. The molecule has 26 heavy (non-hydrogen) atoms. The van der Waals surface area contributed by atoms with Crippen LogP contribution in [0.1, 0.15) is 40.0 Å². The summed E-state index contributed by atoms with van der Waals surface area (Å²) in [5, 5.41) is 2.93. The summed E-state index contributed by atoms with van der Waals surface area (Å²) in [5.41, 5.74) is 22.8. The van der Waals surface area contributed by atoms with Crippen LogP contribution in [0.2, 0.25) is 0 Å². The lowest BCUT2D eigenvalue weighted by molar-refractivity contribution is 0.0946. The topological polar surface area (TPSA) is 120 Å². The third kappa shape index (κ3) is 4.03. The first-order valence-electron chi connectivity index (χ1n) is 8.51. The molecule has 6 nitrogen and oxygen atoms in total. The average molecular weight is 349 g/mol. The predicted octanol–water partition coefficient (Wildman–Crippen LogP) is 2.16. The second-order valence-corrected chi connectivity index (χ2v) is 6.47. The van der Waals surface area contributed by atoms with Gasteiger partial charge in [-0.3, -0.25) is 9.78 Å². The van der Waals surface area contributed by atoms with Gasteiger partial charge < -0.3 is 22.5 Å². The quantitative estimate of drug-likeness (QED) is 0.487. The zero-order chi connectivity index (χ0) is 18.7. The van der Waals surface area contributed by atoms with Crippen LogP contribution in [0.15, 0.2) is 48.8 Å². The van der Waals surface area contributed by atoms with Crippen LogP contribution in [0.3, 0.4) is 0 Å². The lowest BCUT2D eigenvalue weighted by Gasteiger charge is -2.10. The van der Waals surface area contributed by atoms with Crippen molar-refractivity contribution in [2.75, 3.05) is 5.73 Å². The SMILES string of the molecule is Cc1ccc(N)cc1/C(N)=C/C(=C\N)c1ccnc(C(=O)NC2CC2)c1. The molecule has 1 saturated carbocycles. The number of carbonyl (C=O) groups excluding carboxylic acids is 1. The number of amides is 1. The molecule has 0 spiro atoms. The van der Waals surface area contributed by atoms with Gasteiger partial charge in [0.05, 0.1) is 0 Å². The van der Waals surface area contributed by atoms with Gasteiger partial charge in [-0.15, -0.1) is 0 Å². The minimum Gasteiger partial charge on any atom is -0.404 e. The first kappa shape index (κ1) is 17.5. The van der Waals surface area contributed by atoms with Crippen molar-refractivity contribution in [1.82, 2.24) is 10.3 Å². The molecule has 1 aromatic carbocycles. The fourth-order valence-electron chi connectivity index (χ4n) is 2.64. The Morgan fingerprint density at radius 3 is 2.73 bits per heavy atom. The number of aromatic nitrogens is 1. The fraction of sp³-hybridized carbons (Fsp3) is 0.200. The van der Waals surface area contributed by atoms with Crippen molar-refractivity contribution in [3.05, 3.63) is 71.2 Å². The van der Waals surface area contributed by atoms with E-state index in [1.54, 1.807) is 24.4 Å². The summed E-state index contributed by atoms with van der Waals surface area (Å²) in [6.07, 6.45) is 6.89. The molecule has 1 amide bonds. The number of pyridine rings is 1. The Morgan fingerprint density at radius 2 is 2.04 bits per heavy atom. The molecule has 134 valence electrons. The van der Waals surface area contributed by atoms with E-state index in [0.29, 0.717) is 22.7 Å². The van der Waals surface area contributed by atoms with Crippen molar-refractivity contribution >= 4 is 22.9 Å². The Balaban J connectivity index is 1.89. The molecule has 0 saturated heterocycles. The van der Waals surface area contributed by atoms with Crippen molar-refractivity contribution in [2.24, 2.45) is 11.5 Å². The number of benzene rings is 1. The number of anilines is 1. The van der Waals surface area contributed by atoms with E-state index in [1.807, 2.05) is 25.1 Å². The van der Waals surface area contributed by atoms with Crippen LogP contribution in [0, 0.1) is 6.92 Å². The molecule has 1 aliphatic carbocycles. The van der Waals surface area contributed by atoms with E-state index in [4.69, 9.17) is 17.2 Å². The lowest BCUT2D eigenvalue weighted by Crippen LogP contribution is -2.26. The molecule has 1 aromatic heterocycles. The maximum Gasteiger partial charge on any atom is 0.270 e. The maximum atomic E-state index is 12.2. The summed E-state index contributed by atoms with van der Waals surface area (Å²) < 4.78 is 0. The van der Waals surface area contributed by atoms with E-state index in [0.717, 1.165) is 29.5 Å². The Kier molecular flexibility index (Phi) is 4.93. The molecule has 2 aromatic rings. The highest BCUT2D eigenvalue weighted by atomic mass is 16.2. The number of hydrogen-bond donors (Lipinski definition) is 4. The van der Waals surface area contributed by atoms with E-state index in [2.05, 4.69) is 10.3 Å². The smallest absolute Gasteiger partial charge is 0.270 e. The van der Waals surface area contributed by atoms with E-state index in [1.165, 1.54) is 6.20 Å². The monoisotopic (exact) mass is 349 g/mol. The Hall–Kier alpha value is -3.28. The minimum absolute atomic E-state index is 0.172. The lowest BCUT2D eigenvalue weighted by atomic mass is 10.0. The van der Waals surface area contributed by atoms with Crippen molar-refractivity contribution in [1.29, 1.82) is 0 Å². The van der Waals surface area contributed by atoms with E-state index >= 15 is 0 Å². The molecule has 0 aliphatic heterocycles. The zero-order valence-corrected chi connectivity index (χ0v) is 14.7. The molecule has 1 fully saturated rings.